The van der Waals surface area contributed by atoms with Gasteiger partial charge in [-0.3, -0.25) is 9.35 Å². The third-order valence-electron chi connectivity index (χ3n) is 3.44. The Kier molecular flexibility index (Phi) is 8.23. The van der Waals surface area contributed by atoms with Crippen LogP contribution in [0.4, 0.5) is 5.13 Å². The van der Waals surface area contributed by atoms with Crippen LogP contribution < -0.4 is 15.8 Å². The normalized spacial score (nSPS) is 14.5. The van der Waals surface area contributed by atoms with E-state index in [0.717, 1.165) is 18.4 Å². The van der Waals surface area contributed by atoms with Crippen LogP contribution in [-0.2, 0) is 34.3 Å². The maximum Gasteiger partial charge on any atom is 0.350 e. The number of carboxylic acids is 1. The number of anilines is 1. The molecule has 168 valence electrons. The average Bonchev–Trinajstić information content (AvgIpc) is 3.03. The first-order valence-electron chi connectivity index (χ1n) is 8.02. The van der Waals surface area contributed by atoms with E-state index in [4.69, 9.17) is 20.2 Å². The number of thiazole rings is 1. The average molecular weight is 467 g/mol. The number of methoxy groups -OCH3 is 1. The lowest BCUT2D eigenvalue weighted by Crippen LogP contribution is -2.56. The number of aliphatic carboxylic acids is 1. The van der Waals surface area contributed by atoms with Crippen molar-refractivity contribution in [2.75, 3.05) is 12.8 Å². The number of oxime groups is 1. The Labute approximate surface area is 175 Å². The summed E-state index contributed by atoms with van der Waals surface area (Å²) >= 11 is 0.951. The molecule has 1 rings (SSSR count). The molecule has 0 saturated carbocycles. The van der Waals surface area contributed by atoms with Gasteiger partial charge in [0.1, 0.15) is 11.7 Å². The topological polar surface area (TPSA) is 220 Å². The number of esters is 1. The smallest absolute Gasteiger partial charge is 0.350 e. The highest BCUT2D eigenvalue weighted by molar-refractivity contribution is 7.83. The molecule has 1 heterocycles. The zero-order valence-electron chi connectivity index (χ0n) is 16.3. The minimum atomic E-state index is -4.71. The van der Waals surface area contributed by atoms with Crippen LogP contribution in [0.15, 0.2) is 10.5 Å². The molecule has 0 radical (unpaired) electrons. The molecular formula is C14H21N5O9S2. The Morgan fingerprint density at radius 2 is 1.97 bits per heavy atom. The van der Waals surface area contributed by atoms with Crippen molar-refractivity contribution in [2.45, 2.75) is 38.5 Å². The minimum Gasteiger partial charge on any atom is -0.478 e. The summed E-state index contributed by atoms with van der Waals surface area (Å²) in [5.41, 5.74) is 3.11. The first kappa shape index (κ1) is 25.2. The van der Waals surface area contributed by atoms with Gasteiger partial charge < -0.3 is 25.7 Å². The Balaban J connectivity index is 3.26. The summed E-state index contributed by atoms with van der Waals surface area (Å²) in [6.45, 7) is 3.54. The van der Waals surface area contributed by atoms with E-state index >= 15 is 0 Å². The molecule has 0 bridgehead atoms. The van der Waals surface area contributed by atoms with Crippen LogP contribution >= 0.6 is 11.3 Å². The van der Waals surface area contributed by atoms with Gasteiger partial charge in [0.2, 0.25) is 5.60 Å². The number of hydrogen-bond acceptors (Lipinski definition) is 11. The molecule has 1 amide bonds. The maximum absolute atomic E-state index is 12.7. The van der Waals surface area contributed by atoms with Gasteiger partial charge in [0.15, 0.2) is 10.8 Å². The number of nitrogens with zero attached hydrogens (tertiary/aromatic N) is 2. The van der Waals surface area contributed by atoms with Crippen molar-refractivity contribution in [3.05, 3.63) is 11.1 Å². The quantitative estimate of drug-likeness (QED) is 0.118. The van der Waals surface area contributed by atoms with E-state index in [1.54, 1.807) is 4.72 Å². The SMILES string of the molecule is COC(=O)[C@@H](NC(=O)/C(=N\OC(C)(C)C(=O)O)c1csc(N)n1)C(C)NS(=O)(=O)O. The van der Waals surface area contributed by atoms with Gasteiger partial charge >= 0.3 is 22.2 Å². The molecule has 0 aliphatic rings. The molecule has 0 aliphatic carbocycles. The summed E-state index contributed by atoms with van der Waals surface area (Å²) in [7, 11) is -3.71. The highest BCUT2D eigenvalue weighted by Crippen LogP contribution is 2.15. The van der Waals surface area contributed by atoms with Crippen molar-refractivity contribution >= 4 is 50.3 Å². The summed E-state index contributed by atoms with van der Waals surface area (Å²) < 4.78 is 37.2. The molecule has 6 N–H and O–H groups in total. The molecule has 0 fully saturated rings. The third-order valence-corrected chi connectivity index (χ3v) is 4.78. The van der Waals surface area contributed by atoms with Gasteiger partial charge in [-0.15, -0.1) is 11.3 Å². The molecule has 0 aliphatic heterocycles. The van der Waals surface area contributed by atoms with Crippen molar-refractivity contribution in [1.29, 1.82) is 0 Å². The van der Waals surface area contributed by atoms with E-state index in [1.807, 2.05) is 0 Å². The number of nitrogens with one attached hydrogen (secondary N) is 2. The molecule has 0 spiro atoms. The largest absolute Gasteiger partial charge is 0.478 e. The number of hydrogen-bond donors (Lipinski definition) is 5. The summed E-state index contributed by atoms with van der Waals surface area (Å²) in [6, 6.07) is -2.94. The van der Waals surface area contributed by atoms with Crippen LogP contribution in [0.2, 0.25) is 0 Å². The maximum atomic E-state index is 12.7. The zero-order chi connectivity index (χ0) is 23.3. The van der Waals surface area contributed by atoms with Gasteiger partial charge in [0.05, 0.1) is 13.2 Å². The number of aromatic nitrogens is 1. The Bertz CT molecular complexity index is 941. The van der Waals surface area contributed by atoms with Gasteiger partial charge in [-0.1, -0.05) is 5.16 Å². The predicted octanol–water partition coefficient (Wildman–Crippen LogP) is -1.25. The number of amides is 1. The highest BCUT2D eigenvalue weighted by Gasteiger charge is 2.34. The second kappa shape index (κ2) is 9.79. The molecule has 1 unspecified atom stereocenters. The van der Waals surface area contributed by atoms with E-state index in [0.29, 0.717) is 0 Å². The molecule has 2 atom stereocenters. The minimum absolute atomic E-state index is 0.0638. The third kappa shape index (κ3) is 7.21. The number of carboxylic acid groups (broad SMARTS) is 1. The number of nitrogen functional groups attached to an aromatic ring is 1. The highest BCUT2D eigenvalue weighted by atomic mass is 32.2. The van der Waals surface area contributed by atoms with Gasteiger partial charge in [-0.25, -0.2) is 14.6 Å². The standard InChI is InChI=1S/C14H21N5O9S2/c1-6(19-30(24,25)26)8(11(21)27-4)17-10(20)9(7-5-29-13(15)16-7)18-28-14(2,3)12(22)23/h5-6,8,19H,1-4H3,(H2,15,16)(H,17,20)(H,22,23)(H,24,25,26)/b18-9-/t6?,8-/m0/s1. The Morgan fingerprint density at radius 1 is 1.37 bits per heavy atom. The van der Waals surface area contributed by atoms with Crippen molar-refractivity contribution < 1.29 is 42.0 Å². The molecule has 30 heavy (non-hydrogen) atoms. The van der Waals surface area contributed by atoms with E-state index in [-0.39, 0.29) is 10.8 Å². The second-order valence-electron chi connectivity index (χ2n) is 6.27. The lowest BCUT2D eigenvalue weighted by atomic mass is 10.1. The van der Waals surface area contributed by atoms with Crippen LogP contribution in [-0.4, -0.2) is 71.4 Å². The van der Waals surface area contributed by atoms with Crippen molar-refractivity contribution in [3.63, 3.8) is 0 Å². The number of carbonyl (C=O) groups is 3. The fourth-order valence-corrected chi connectivity index (χ4v) is 2.98. The number of carbonyl (C=O) groups excluding carboxylic acids is 2. The first-order valence-corrected chi connectivity index (χ1v) is 10.3. The lowest BCUT2D eigenvalue weighted by molar-refractivity contribution is -0.161. The molecule has 0 aromatic carbocycles. The van der Waals surface area contributed by atoms with Gasteiger partial charge in [-0.05, 0) is 20.8 Å². The molecule has 14 nitrogen and oxygen atoms in total. The monoisotopic (exact) mass is 467 g/mol. The number of nitrogens with two attached hydrogens (primary N) is 1. The number of rotatable bonds is 10. The first-order chi connectivity index (χ1) is 13.7. The molecule has 1 aromatic heterocycles. The second-order valence-corrected chi connectivity index (χ2v) is 8.35. The van der Waals surface area contributed by atoms with Crippen molar-refractivity contribution in [2.24, 2.45) is 5.16 Å². The van der Waals surface area contributed by atoms with E-state index in [1.165, 1.54) is 26.2 Å². The van der Waals surface area contributed by atoms with Gasteiger partial charge in [0.25, 0.3) is 5.91 Å². The zero-order valence-corrected chi connectivity index (χ0v) is 17.9. The van der Waals surface area contributed by atoms with E-state index in [2.05, 4.69) is 20.2 Å². The van der Waals surface area contributed by atoms with Gasteiger partial charge in [0, 0.05) is 5.38 Å². The fraction of sp³-hybridized carbons (Fsp3) is 0.500. The summed E-state index contributed by atoms with van der Waals surface area (Å²) in [5.74, 6) is -3.50. The van der Waals surface area contributed by atoms with Crippen molar-refractivity contribution in [3.8, 4) is 0 Å². The molecular weight excluding hydrogens is 446 g/mol. The Hall–Kier alpha value is -2.82. The molecule has 0 saturated heterocycles. The lowest BCUT2D eigenvalue weighted by Gasteiger charge is -2.23. The Morgan fingerprint density at radius 3 is 2.40 bits per heavy atom. The number of ether oxygens (including phenoxy) is 1. The predicted molar refractivity (Wildman–Crippen MR) is 104 cm³/mol. The van der Waals surface area contributed by atoms with Crippen molar-refractivity contribution in [1.82, 2.24) is 15.0 Å². The van der Waals surface area contributed by atoms with E-state index in [9.17, 15) is 22.8 Å². The summed E-state index contributed by atoms with van der Waals surface area (Å²) in [5, 5.41) is 16.2. The summed E-state index contributed by atoms with van der Waals surface area (Å²) in [6.07, 6.45) is 0. The van der Waals surface area contributed by atoms with Crippen LogP contribution in [0.5, 0.6) is 0 Å². The molecule has 16 heteroatoms. The van der Waals surface area contributed by atoms with Gasteiger partial charge in [-0.2, -0.15) is 13.1 Å². The molecule has 1 aromatic rings. The summed E-state index contributed by atoms with van der Waals surface area (Å²) in [4.78, 5) is 44.7. The van der Waals surface area contributed by atoms with Crippen LogP contribution in [0.25, 0.3) is 0 Å². The van der Waals surface area contributed by atoms with Crippen LogP contribution in [0, 0.1) is 0 Å². The van der Waals surface area contributed by atoms with Crippen LogP contribution in [0.3, 0.4) is 0 Å². The fourth-order valence-electron chi connectivity index (χ4n) is 1.83. The van der Waals surface area contributed by atoms with E-state index < -0.39 is 51.5 Å². The van der Waals surface area contributed by atoms with Crippen LogP contribution in [0.1, 0.15) is 26.5 Å².